The van der Waals surface area contributed by atoms with E-state index in [-0.39, 0.29) is 43.0 Å². The van der Waals surface area contributed by atoms with Crippen molar-refractivity contribution in [2.24, 2.45) is 0 Å². The van der Waals surface area contributed by atoms with Gasteiger partial charge in [0.15, 0.2) is 0 Å². The van der Waals surface area contributed by atoms with Gasteiger partial charge >= 0.3 is 347 Å². The summed E-state index contributed by atoms with van der Waals surface area (Å²) in [6, 6.07) is 60.6. The Balaban J connectivity index is 1.33. The number of rotatable bonds is 6. The van der Waals surface area contributed by atoms with Gasteiger partial charge in [0.05, 0.1) is 0 Å². The molecule has 0 amide bonds. The molecule has 11 aromatic rings. The maximum atomic E-state index is 16.8. The zero-order valence-corrected chi connectivity index (χ0v) is 41.6. The zero-order valence-electron chi connectivity index (χ0n) is 33.8. The number of nitrogens with zero attached hydrogens (tertiary/aromatic N) is 2. The molecule has 9 aromatic carbocycles. The summed E-state index contributed by atoms with van der Waals surface area (Å²) in [5, 5.41) is 4.15. The number of halogens is 5. The normalized spacial score (nSPS) is 12.0. The molecule has 1 atom stereocenters. The van der Waals surface area contributed by atoms with E-state index < -0.39 is 11.7 Å². The Morgan fingerprint density at radius 1 is 0.422 bits per heavy atom. The molecule has 0 saturated carbocycles. The fourth-order valence-corrected chi connectivity index (χ4v) is 12.5. The topological polar surface area (TPSA) is 9.86 Å². The van der Waals surface area contributed by atoms with E-state index in [1.807, 2.05) is 191 Å². The summed E-state index contributed by atoms with van der Waals surface area (Å²) < 4.78 is 70.5. The van der Waals surface area contributed by atoms with Gasteiger partial charge < -0.3 is 0 Å². The van der Waals surface area contributed by atoms with Gasteiger partial charge in [0.25, 0.3) is 0 Å². The van der Waals surface area contributed by atoms with Crippen LogP contribution in [0.2, 0.25) is 0 Å². The number of hydrogen-bond acceptors (Lipinski definition) is 0. The molecule has 2 heterocycles. The SMILES string of the molecule is Fc1c(I)cc(-c2cc(-n3c4cc(P)ccc4c4ccc(-c5ccccc5)cc43)c(C(F)(F)F)c(-n3c4cc(-c5ccccc5)ccc4c4ccc(-c5ccccc5)cc43)c2)c[c]1[Tl]. The zero-order chi connectivity index (χ0) is 43.9. The van der Waals surface area contributed by atoms with E-state index in [1.165, 1.54) is 0 Å². The standard InChI is InChI=1S/C55H33F4IN2P.Tl/c56-46-25-19-36(26-47(46)60)40-30-52(61-48-27-37(33-10-4-1-5-11-33)16-21-42(48)43-22-17-38(28-49(43)61)34-12-6-2-7-13-34)54(55(57,58)59)53(31-40)62-50-29-39(35-14-8-3-9-15-35)18-23-44(50)45-24-20-41(63)32-51(45)62;/h1-24,26-32H,63H2;. The van der Waals surface area contributed by atoms with Crippen molar-refractivity contribution < 1.29 is 17.6 Å². The first-order valence-electron chi connectivity index (χ1n) is 20.6. The van der Waals surface area contributed by atoms with Gasteiger partial charge in [0.2, 0.25) is 0 Å². The van der Waals surface area contributed by atoms with Gasteiger partial charge in [0.1, 0.15) is 0 Å². The second-order valence-corrected chi connectivity index (χ2v) is 20.2. The molecule has 0 aliphatic rings. The molecule has 306 valence electrons. The van der Waals surface area contributed by atoms with Crippen molar-refractivity contribution in [3.63, 3.8) is 0 Å². The summed E-state index contributed by atoms with van der Waals surface area (Å²) in [5.74, 6) is -0.283. The Morgan fingerprint density at radius 2 is 0.797 bits per heavy atom. The molecule has 11 rings (SSSR count). The van der Waals surface area contributed by atoms with Gasteiger partial charge in [-0.3, -0.25) is 0 Å². The molecule has 0 N–H and O–H groups in total. The molecule has 0 fully saturated rings. The van der Waals surface area contributed by atoms with Crippen molar-refractivity contribution in [1.29, 1.82) is 0 Å². The van der Waals surface area contributed by atoms with E-state index in [0.29, 0.717) is 39.9 Å². The van der Waals surface area contributed by atoms with Gasteiger partial charge in [-0.1, -0.05) is 54.6 Å². The molecule has 9 heteroatoms. The van der Waals surface area contributed by atoms with Crippen molar-refractivity contribution in [2.45, 2.75) is 6.18 Å². The summed E-state index contributed by atoms with van der Waals surface area (Å²) in [4.78, 5) is 0. The van der Waals surface area contributed by atoms with Gasteiger partial charge in [-0.2, -0.15) is 0 Å². The number of fused-ring (bicyclic) bond motifs is 6. The Bertz CT molecular complexity index is 3520. The third kappa shape index (κ3) is 7.07. The fraction of sp³-hybridized carbons (Fsp3) is 0.0182. The number of alkyl halides is 3. The van der Waals surface area contributed by atoms with Crippen LogP contribution in [0.5, 0.6) is 0 Å². The van der Waals surface area contributed by atoms with Crippen molar-refractivity contribution >= 4 is 110 Å². The third-order valence-corrected chi connectivity index (χ3v) is 14.9. The van der Waals surface area contributed by atoms with Gasteiger partial charge in [-0.05, 0) is 0 Å². The van der Waals surface area contributed by atoms with Crippen LogP contribution in [0.15, 0.2) is 188 Å². The first kappa shape index (κ1) is 41.1. The fourth-order valence-electron chi connectivity index (χ4n) is 9.20. The minimum absolute atomic E-state index is 0.0223. The Labute approximate surface area is 398 Å². The molecule has 0 aliphatic heterocycles. The van der Waals surface area contributed by atoms with E-state index in [9.17, 15) is 0 Å². The van der Waals surface area contributed by atoms with Crippen LogP contribution in [0.3, 0.4) is 0 Å². The van der Waals surface area contributed by atoms with E-state index in [1.54, 1.807) is 28.8 Å². The number of benzene rings is 9. The summed E-state index contributed by atoms with van der Waals surface area (Å²) in [7, 11) is 2.72. The molecule has 0 spiro atoms. The predicted molar refractivity (Wildman–Crippen MR) is 269 cm³/mol. The molecular weight excluding hydrogens is 1130 g/mol. The monoisotopic (exact) mass is 1160 g/mol. The van der Waals surface area contributed by atoms with Gasteiger partial charge in [0, 0.05) is 0 Å². The van der Waals surface area contributed by atoms with Crippen molar-refractivity contribution in [3.05, 3.63) is 203 Å². The predicted octanol–water partition coefficient (Wildman–Crippen LogP) is 14.6. The first-order chi connectivity index (χ1) is 31.0. The van der Waals surface area contributed by atoms with Crippen molar-refractivity contribution in [3.8, 4) is 55.9 Å². The molecule has 0 bridgehead atoms. The second kappa shape index (κ2) is 16.1. The summed E-state index contributed by atoms with van der Waals surface area (Å²) in [5.41, 5.74) is 8.39. The Morgan fingerprint density at radius 3 is 1.19 bits per heavy atom. The average Bonchev–Trinajstić information content (AvgIpc) is 3.81. The number of hydrogen-bond donors (Lipinski definition) is 0. The van der Waals surface area contributed by atoms with Crippen LogP contribution < -0.4 is 8.43 Å². The van der Waals surface area contributed by atoms with Crippen LogP contribution in [0, 0.1) is 9.39 Å². The van der Waals surface area contributed by atoms with Crippen LogP contribution in [-0.2, 0) is 6.18 Å². The summed E-state index contributed by atoms with van der Waals surface area (Å²) in [6.07, 6.45) is -4.85. The first-order valence-corrected chi connectivity index (χ1v) is 24.5. The van der Waals surface area contributed by atoms with Crippen LogP contribution in [0.4, 0.5) is 17.6 Å². The number of aromatic nitrogens is 2. The van der Waals surface area contributed by atoms with Crippen molar-refractivity contribution in [1.82, 2.24) is 9.13 Å². The van der Waals surface area contributed by atoms with E-state index >= 15 is 17.6 Å². The van der Waals surface area contributed by atoms with E-state index in [2.05, 4.69) is 9.24 Å². The summed E-state index contributed by atoms with van der Waals surface area (Å²) >= 11 is 2.15. The Hall–Kier alpha value is -5.62. The molecule has 2 aromatic heterocycles. The van der Waals surface area contributed by atoms with Crippen LogP contribution in [0.1, 0.15) is 5.56 Å². The minimum atomic E-state index is -4.85. The van der Waals surface area contributed by atoms with Gasteiger partial charge in [-0.25, -0.2) is 0 Å². The average molecular weight is 1160 g/mol. The Kier molecular flexibility index (Phi) is 10.4. The van der Waals surface area contributed by atoms with Gasteiger partial charge in [-0.15, -0.1) is 0 Å². The van der Waals surface area contributed by atoms with Crippen LogP contribution >= 0.6 is 31.8 Å². The summed E-state index contributed by atoms with van der Waals surface area (Å²) in [6.45, 7) is 0. The van der Waals surface area contributed by atoms with E-state index in [4.69, 9.17) is 0 Å². The molecule has 0 aliphatic carbocycles. The molecule has 64 heavy (non-hydrogen) atoms. The third-order valence-electron chi connectivity index (χ3n) is 12.1. The van der Waals surface area contributed by atoms with E-state index in [0.717, 1.165) is 60.2 Å². The molecule has 0 radical (unpaired) electrons. The van der Waals surface area contributed by atoms with Crippen LogP contribution in [-0.4, -0.2) is 34.9 Å². The maximum absolute atomic E-state index is 16.8. The van der Waals surface area contributed by atoms with Crippen molar-refractivity contribution in [2.75, 3.05) is 0 Å². The van der Waals surface area contributed by atoms with Crippen LogP contribution in [0.25, 0.3) is 99.5 Å². The molecular formula is C55H33F4IN2PTl. The molecule has 2 nitrogen and oxygen atoms in total. The molecule has 1 unspecified atom stereocenters. The second-order valence-electron chi connectivity index (χ2n) is 16.0. The molecule has 0 saturated heterocycles. The quantitative estimate of drug-likeness (QED) is 0.0680.